The van der Waals surface area contributed by atoms with E-state index < -0.39 is 0 Å². The second-order valence-corrected chi connectivity index (χ2v) is 4.71. The summed E-state index contributed by atoms with van der Waals surface area (Å²) in [6, 6.07) is 7.92. The lowest BCUT2D eigenvalue weighted by Gasteiger charge is -2.07. The van der Waals surface area contributed by atoms with Gasteiger partial charge in [0.05, 0.1) is 5.69 Å². The predicted octanol–water partition coefficient (Wildman–Crippen LogP) is 3.07. The normalized spacial score (nSPS) is 20.9. The Kier molecular flexibility index (Phi) is 3.11. The van der Waals surface area contributed by atoms with Gasteiger partial charge in [-0.2, -0.15) is 0 Å². The number of anilines is 1. The number of carbonyl (C=O) groups excluding carboxylic acids is 1. The molecule has 1 aromatic rings. The Morgan fingerprint density at radius 2 is 2.27 bits per heavy atom. The van der Waals surface area contributed by atoms with Crippen LogP contribution in [0.15, 0.2) is 41.3 Å². The summed E-state index contributed by atoms with van der Waals surface area (Å²) in [4.78, 5) is 12.7. The van der Waals surface area contributed by atoms with E-state index in [1.54, 1.807) is 11.8 Å². The third kappa shape index (κ3) is 2.42. The van der Waals surface area contributed by atoms with Gasteiger partial charge < -0.3 is 5.32 Å². The second kappa shape index (κ2) is 4.53. The molecule has 0 spiro atoms. The van der Waals surface area contributed by atoms with Gasteiger partial charge in [0.25, 0.3) is 0 Å². The summed E-state index contributed by atoms with van der Waals surface area (Å²) >= 11 is 1.74. The minimum absolute atomic E-state index is 0.0931. The fourth-order valence-corrected chi connectivity index (χ4v) is 2.78. The molecular weight excluding hydrogens is 206 g/mol. The zero-order chi connectivity index (χ0) is 10.7. The Morgan fingerprint density at radius 3 is 3.07 bits per heavy atom. The van der Waals surface area contributed by atoms with Crippen LogP contribution in [0.3, 0.4) is 0 Å². The van der Waals surface area contributed by atoms with Gasteiger partial charge in [0.15, 0.2) is 0 Å². The number of amides is 1. The minimum Gasteiger partial charge on any atom is -0.325 e. The number of carbonyl (C=O) groups is 1. The van der Waals surface area contributed by atoms with Gasteiger partial charge in [-0.1, -0.05) is 24.3 Å². The van der Waals surface area contributed by atoms with Gasteiger partial charge in [-0.15, -0.1) is 11.8 Å². The molecule has 3 heteroatoms. The van der Waals surface area contributed by atoms with Crippen molar-refractivity contribution in [3.63, 3.8) is 0 Å². The van der Waals surface area contributed by atoms with Gasteiger partial charge in [0, 0.05) is 16.6 Å². The molecule has 2 rings (SSSR count). The van der Waals surface area contributed by atoms with Crippen LogP contribution in [-0.4, -0.2) is 11.2 Å². The molecule has 1 aliphatic heterocycles. The molecule has 1 aliphatic rings. The first-order valence-corrected chi connectivity index (χ1v) is 5.86. The van der Waals surface area contributed by atoms with E-state index >= 15 is 0 Å². The van der Waals surface area contributed by atoms with E-state index in [0.717, 1.165) is 10.6 Å². The Morgan fingerprint density at radius 1 is 1.47 bits per heavy atom. The van der Waals surface area contributed by atoms with Crippen LogP contribution in [0.5, 0.6) is 0 Å². The SMILES string of the molecule is CC=CC1CC(=O)Nc2ccccc2S1. The summed E-state index contributed by atoms with van der Waals surface area (Å²) in [5.74, 6) is 0.0931. The zero-order valence-corrected chi connectivity index (χ0v) is 9.38. The van der Waals surface area contributed by atoms with Crippen molar-refractivity contribution >= 4 is 23.4 Å². The molecule has 0 aromatic heterocycles. The Bertz CT molecular complexity index is 400. The Labute approximate surface area is 93.8 Å². The van der Waals surface area contributed by atoms with Crippen LogP contribution in [0.4, 0.5) is 5.69 Å². The Balaban J connectivity index is 2.31. The molecule has 0 saturated heterocycles. The summed E-state index contributed by atoms with van der Waals surface area (Å²) in [6.45, 7) is 1.98. The third-order valence-corrected chi connectivity index (χ3v) is 3.47. The highest BCUT2D eigenvalue weighted by Crippen LogP contribution is 2.35. The topological polar surface area (TPSA) is 29.1 Å². The van der Waals surface area contributed by atoms with Gasteiger partial charge in [-0.05, 0) is 19.1 Å². The first-order valence-electron chi connectivity index (χ1n) is 4.98. The number of hydrogen-bond donors (Lipinski definition) is 1. The highest BCUT2D eigenvalue weighted by Gasteiger charge is 2.19. The largest absolute Gasteiger partial charge is 0.325 e. The van der Waals surface area contributed by atoms with Crippen LogP contribution >= 0.6 is 11.8 Å². The maximum absolute atomic E-state index is 11.6. The first-order chi connectivity index (χ1) is 7.29. The molecule has 1 unspecified atom stereocenters. The predicted molar refractivity (Wildman–Crippen MR) is 64.1 cm³/mol. The van der Waals surface area contributed by atoms with Crippen molar-refractivity contribution in [3.05, 3.63) is 36.4 Å². The number of rotatable bonds is 1. The van der Waals surface area contributed by atoms with E-state index in [1.807, 2.05) is 37.3 Å². The van der Waals surface area contributed by atoms with Crippen LogP contribution in [0.25, 0.3) is 0 Å². The average molecular weight is 219 g/mol. The number of nitrogens with one attached hydrogen (secondary N) is 1. The number of hydrogen-bond acceptors (Lipinski definition) is 2. The maximum Gasteiger partial charge on any atom is 0.225 e. The fraction of sp³-hybridized carbons (Fsp3) is 0.250. The lowest BCUT2D eigenvalue weighted by molar-refractivity contribution is -0.116. The van der Waals surface area contributed by atoms with Gasteiger partial charge in [-0.3, -0.25) is 4.79 Å². The molecular formula is C12H13NOS. The summed E-state index contributed by atoms with van der Waals surface area (Å²) in [5.41, 5.74) is 0.930. The highest BCUT2D eigenvalue weighted by molar-refractivity contribution is 8.00. The molecule has 78 valence electrons. The van der Waals surface area contributed by atoms with Gasteiger partial charge in [0.1, 0.15) is 0 Å². The van der Waals surface area contributed by atoms with Crippen molar-refractivity contribution in [2.75, 3.05) is 5.32 Å². The quantitative estimate of drug-likeness (QED) is 0.735. The summed E-state index contributed by atoms with van der Waals surface area (Å²) < 4.78 is 0. The smallest absolute Gasteiger partial charge is 0.225 e. The molecule has 1 N–H and O–H groups in total. The minimum atomic E-state index is 0.0931. The van der Waals surface area contributed by atoms with Crippen LogP contribution in [0, 0.1) is 0 Å². The number of fused-ring (bicyclic) bond motifs is 1. The van der Waals surface area contributed by atoms with Crippen LogP contribution in [0.2, 0.25) is 0 Å². The number of thioether (sulfide) groups is 1. The third-order valence-electron chi connectivity index (χ3n) is 2.23. The average Bonchev–Trinajstić information content (AvgIpc) is 2.35. The summed E-state index contributed by atoms with van der Waals surface area (Å²) in [5, 5.41) is 3.17. The van der Waals surface area contributed by atoms with E-state index in [1.165, 1.54) is 0 Å². The molecule has 1 heterocycles. The molecule has 0 bridgehead atoms. The second-order valence-electron chi connectivity index (χ2n) is 3.43. The van der Waals surface area contributed by atoms with Crippen molar-refractivity contribution in [2.45, 2.75) is 23.5 Å². The molecule has 2 nitrogen and oxygen atoms in total. The Hall–Kier alpha value is -1.22. The van der Waals surface area contributed by atoms with Crippen LogP contribution < -0.4 is 5.32 Å². The van der Waals surface area contributed by atoms with Crippen LogP contribution in [0.1, 0.15) is 13.3 Å². The fourth-order valence-electron chi connectivity index (χ4n) is 1.58. The monoisotopic (exact) mass is 219 g/mol. The number of para-hydroxylation sites is 1. The molecule has 0 saturated carbocycles. The first kappa shape index (κ1) is 10.3. The molecule has 1 atom stereocenters. The zero-order valence-electron chi connectivity index (χ0n) is 8.57. The van der Waals surface area contributed by atoms with Gasteiger partial charge in [-0.25, -0.2) is 0 Å². The van der Waals surface area contributed by atoms with Crippen molar-refractivity contribution in [1.29, 1.82) is 0 Å². The number of benzene rings is 1. The molecule has 15 heavy (non-hydrogen) atoms. The molecule has 0 aliphatic carbocycles. The lowest BCUT2D eigenvalue weighted by Crippen LogP contribution is -2.13. The van der Waals surface area contributed by atoms with Crippen molar-refractivity contribution in [3.8, 4) is 0 Å². The molecule has 1 aromatic carbocycles. The highest BCUT2D eigenvalue weighted by atomic mass is 32.2. The van der Waals surface area contributed by atoms with E-state index in [-0.39, 0.29) is 11.2 Å². The number of allylic oxidation sites excluding steroid dienone is 1. The van der Waals surface area contributed by atoms with Crippen LogP contribution in [-0.2, 0) is 4.79 Å². The molecule has 0 fully saturated rings. The van der Waals surface area contributed by atoms with E-state index in [2.05, 4.69) is 11.4 Å². The van der Waals surface area contributed by atoms with E-state index in [9.17, 15) is 4.79 Å². The van der Waals surface area contributed by atoms with Gasteiger partial charge in [0.2, 0.25) is 5.91 Å². The van der Waals surface area contributed by atoms with E-state index in [0.29, 0.717) is 6.42 Å². The summed E-state index contributed by atoms with van der Waals surface area (Å²) in [7, 11) is 0. The van der Waals surface area contributed by atoms with Crippen molar-refractivity contribution < 1.29 is 4.79 Å². The maximum atomic E-state index is 11.6. The van der Waals surface area contributed by atoms with Crippen molar-refractivity contribution in [2.24, 2.45) is 0 Å². The summed E-state index contributed by atoms with van der Waals surface area (Å²) in [6.07, 6.45) is 4.62. The van der Waals surface area contributed by atoms with E-state index in [4.69, 9.17) is 0 Å². The molecule has 1 amide bonds. The van der Waals surface area contributed by atoms with Crippen molar-refractivity contribution in [1.82, 2.24) is 0 Å². The standard InChI is InChI=1S/C12H13NOS/c1-2-5-9-8-12(14)13-10-6-3-4-7-11(10)15-9/h2-7,9H,8H2,1H3,(H,13,14). The molecule has 0 radical (unpaired) electrons. The van der Waals surface area contributed by atoms with Gasteiger partial charge >= 0.3 is 0 Å². The lowest BCUT2D eigenvalue weighted by atomic mass is 10.2.